The van der Waals surface area contributed by atoms with Crippen molar-refractivity contribution in [3.8, 4) is 11.3 Å². The molecule has 1 aromatic carbocycles. The number of likely N-dealkylation sites (tertiary alicyclic amines) is 1. The summed E-state index contributed by atoms with van der Waals surface area (Å²) in [6.45, 7) is 7.44. The van der Waals surface area contributed by atoms with Gasteiger partial charge in [-0.15, -0.1) is 11.3 Å². The molecule has 0 atom stereocenters. The van der Waals surface area contributed by atoms with Crippen molar-refractivity contribution in [2.24, 2.45) is 0 Å². The Bertz CT molecular complexity index is 1140. The number of hydrogen-bond acceptors (Lipinski definition) is 5. The van der Waals surface area contributed by atoms with Gasteiger partial charge in [-0.05, 0) is 62.4 Å². The van der Waals surface area contributed by atoms with Crippen LogP contribution in [0, 0.1) is 0 Å². The van der Waals surface area contributed by atoms with E-state index in [1.807, 2.05) is 11.3 Å². The van der Waals surface area contributed by atoms with E-state index in [2.05, 4.69) is 44.7 Å². The highest BCUT2D eigenvalue weighted by atomic mass is 32.1. The minimum atomic E-state index is 0.522. The van der Waals surface area contributed by atoms with Crippen LogP contribution in [-0.2, 0) is 22.9 Å². The second kappa shape index (κ2) is 10.6. The van der Waals surface area contributed by atoms with Gasteiger partial charge in [0.15, 0.2) is 0 Å². The molecular weight excluding hydrogens is 454 g/mol. The number of nitrogens with zero attached hydrogens (tertiary/aromatic N) is 3. The van der Waals surface area contributed by atoms with Crippen molar-refractivity contribution in [1.29, 1.82) is 0 Å². The molecule has 188 valence electrons. The van der Waals surface area contributed by atoms with E-state index < -0.39 is 0 Å². The number of para-hydroxylation sites is 1. The van der Waals surface area contributed by atoms with Crippen molar-refractivity contribution >= 4 is 27.2 Å². The predicted molar refractivity (Wildman–Crippen MR) is 145 cm³/mol. The lowest BCUT2D eigenvalue weighted by atomic mass is 9.83. The van der Waals surface area contributed by atoms with Crippen molar-refractivity contribution in [2.75, 3.05) is 44.7 Å². The van der Waals surface area contributed by atoms with Crippen molar-refractivity contribution in [3.63, 3.8) is 0 Å². The Morgan fingerprint density at radius 3 is 2.54 bits per heavy atom. The van der Waals surface area contributed by atoms with Gasteiger partial charge in [0.25, 0.3) is 0 Å². The normalized spacial score (nSPS) is 19.6. The number of fused-ring (bicyclic) bond motifs is 5. The Morgan fingerprint density at radius 2 is 1.71 bits per heavy atom. The molecule has 0 bridgehead atoms. The number of anilines is 1. The summed E-state index contributed by atoms with van der Waals surface area (Å²) < 4.78 is 4.13. The monoisotopic (exact) mass is 493 g/mol. The minimum absolute atomic E-state index is 0.522. The lowest BCUT2D eigenvalue weighted by Crippen LogP contribution is -2.38. The first kappa shape index (κ1) is 23.5. The number of thiophene rings is 1. The van der Waals surface area contributed by atoms with Gasteiger partial charge < -0.3 is 14.4 Å². The molecule has 35 heavy (non-hydrogen) atoms. The molecule has 3 aliphatic rings. The van der Waals surface area contributed by atoms with Gasteiger partial charge in [0.1, 0.15) is 6.61 Å². The quantitative estimate of drug-likeness (QED) is 0.267. The van der Waals surface area contributed by atoms with Crippen molar-refractivity contribution < 1.29 is 9.78 Å². The molecule has 2 fully saturated rings. The van der Waals surface area contributed by atoms with Crippen LogP contribution in [-0.4, -0.2) is 49.3 Å². The number of rotatable bonds is 7. The van der Waals surface area contributed by atoms with Crippen molar-refractivity contribution in [3.05, 3.63) is 40.8 Å². The molecule has 1 aliphatic carbocycles. The second-order valence-corrected chi connectivity index (χ2v) is 11.6. The molecule has 0 N–H and O–H groups in total. The van der Waals surface area contributed by atoms with Gasteiger partial charge >= 0.3 is 0 Å². The maximum atomic E-state index is 5.32. The van der Waals surface area contributed by atoms with E-state index >= 15 is 0 Å². The summed E-state index contributed by atoms with van der Waals surface area (Å²) in [5.41, 5.74) is 7.36. The lowest BCUT2D eigenvalue weighted by molar-refractivity contribution is -0.281. The molecule has 2 aliphatic heterocycles. The van der Waals surface area contributed by atoms with Crippen LogP contribution in [0.5, 0.6) is 0 Å². The van der Waals surface area contributed by atoms with Gasteiger partial charge in [-0.3, -0.25) is 0 Å². The fourth-order valence-corrected chi connectivity index (χ4v) is 7.83. The number of aromatic nitrogens is 1. The highest BCUT2D eigenvalue weighted by Gasteiger charge is 2.31. The molecule has 0 amide bonds. The van der Waals surface area contributed by atoms with E-state index in [0.717, 1.165) is 19.6 Å². The van der Waals surface area contributed by atoms with Gasteiger partial charge in [-0.2, -0.15) is 0 Å². The molecule has 6 rings (SSSR count). The number of piperidine rings is 1. The zero-order valence-electron chi connectivity index (χ0n) is 21.1. The molecule has 1 saturated carbocycles. The summed E-state index contributed by atoms with van der Waals surface area (Å²) in [5.74, 6) is 0.658. The van der Waals surface area contributed by atoms with Crippen LogP contribution in [0.2, 0.25) is 0 Å². The van der Waals surface area contributed by atoms with Crippen LogP contribution in [0.1, 0.15) is 67.7 Å². The minimum Gasteiger partial charge on any atom is -0.368 e. The number of hydrogen-bond donors (Lipinski definition) is 0. The Labute approximate surface area is 213 Å². The zero-order chi connectivity index (χ0) is 23.6. The molecule has 1 saturated heterocycles. The van der Waals surface area contributed by atoms with Crippen molar-refractivity contribution in [2.45, 2.75) is 70.4 Å². The van der Waals surface area contributed by atoms with E-state index in [1.54, 1.807) is 12.7 Å². The van der Waals surface area contributed by atoms with E-state index in [4.69, 9.17) is 9.78 Å². The highest BCUT2D eigenvalue weighted by molar-refractivity contribution is 7.19. The second-order valence-electron chi connectivity index (χ2n) is 10.5. The van der Waals surface area contributed by atoms with Gasteiger partial charge in [-0.25, -0.2) is 9.78 Å². The Kier molecular flexibility index (Phi) is 7.15. The van der Waals surface area contributed by atoms with Crippen LogP contribution >= 0.6 is 11.3 Å². The molecule has 0 spiro atoms. The molecule has 3 aromatic rings. The van der Waals surface area contributed by atoms with Crippen LogP contribution < -0.4 is 4.90 Å². The maximum absolute atomic E-state index is 5.32. The van der Waals surface area contributed by atoms with E-state index in [9.17, 15) is 0 Å². The lowest BCUT2D eigenvalue weighted by Gasteiger charge is -2.31. The highest BCUT2D eigenvalue weighted by Crippen LogP contribution is 2.49. The summed E-state index contributed by atoms with van der Waals surface area (Å²) in [5, 5.41) is 0. The standard InChI is InChI=1S/C29H39N3O2S/c1-33-34-21-23-20-26-29(35-23)27(22-10-4-2-5-11-22)28-24-12-6-7-13-25(24)31(18-19-32(26)28)17-16-30-14-8-3-9-15-30/h6-7,12-13,20,22H,2-5,8-11,14-19,21H2,1H3. The summed E-state index contributed by atoms with van der Waals surface area (Å²) in [4.78, 5) is 16.8. The Morgan fingerprint density at radius 1 is 0.914 bits per heavy atom. The Hall–Kier alpha value is -1.86. The first-order chi connectivity index (χ1) is 17.3. The first-order valence-electron chi connectivity index (χ1n) is 13.7. The molecular formula is C29H39N3O2S. The molecule has 0 radical (unpaired) electrons. The topological polar surface area (TPSA) is 29.9 Å². The van der Waals surface area contributed by atoms with Crippen LogP contribution in [0.15, 0.2) is 30.3 Å². The molecule has 4 heterocycles. The van der Waals surface area contributed by atoms with Crippen LogP contribution in [0.4, 0.5) is 5.69 Å². The van der Waals surface area contributed by atoms with E-state index in [0.29, 0.717) is 12.5 Å². The average molecular weight is 494 g/mol. The fourth-order valence-electron chi connectivity index (χ4n) is 6.65. The van der Waals surface area contributed by atoms with Crippen molar-refractivity contribution in [1.82, 2.24) is 9.47 Å². The van der Waals surface area contributed by atoms with Gasteiger partial charge in [0, 0.05) is 42.3 Å². The summed E-state index contributed by atoms with van der Waals surface area (Å²) in [6.07, 6.45) is 10.8. The smallest absolute Gasteiger partial charge is 0.116 e. The SMILES string of the molecule is COOCc1cc2c(s1)c(C1CCCCC1)c1n2CCN(CCN2CCCCC2)c2ccccc2-1. The predicted octanol–water partition coefficient (Wildman–Crippen LogP) is 6.80. The third kappa shape index (κ3) is 4.66. The largest absolute Gasteiger partial charge is 0.368 e. The number of benzene rings is 1. The maximum Gasteiger partial charge on any atom is 0.116 e. The first-order valence-corrected chi connectivity index (χ1v) is 14.5. The summed E-state index contributed by atoms with van der Waals surface area (Å²) in [7, 11) is 1.59. The van der Waals surface area contributed by atoms with E-state index in [-0.39, 0.29) is 0 Å². The molecule has 2 aromatic heterocycles. The molecule has 5 nitrogen and oxygen atoms in total. The third-order valence-corrected chi connectivity index (χ3v) is 9.52. The van der Waals surface area contributed by atoms with E-state index in [1.165, 1.54) is 103 Å². The van der Waals surface area contributed by atoms with Gasteiger partial charge in [0.05, 0.1) is 23.0 Å². The fraction of sp³-hybridized carbons (Fsp3) is 0.586. The summed E-state index contributed by atoms with van der Waals surface area (Å²) >= 11 is 1.92. The summed E-state index contributed by atoms with van der Waals surface area (Å²) in [6, 6.07) is 11.6. The molecule has 6 heteroatoms. The Balaban J connectivity index is 1.41. The third-order valence-electron chi connectivity index (χ3n) is 8.38. The molecule has 0 unspecified atom stereocenters. The average Bonchev–Trinajstić information content (AvgIpc) is 3.40. The van der Waals surface area contributed by atoms with Gasteiger partial charge in [-0.1, -0.05) is 43.9 Å². The van der Waals surface area contributed by atoms with Crippen LogP contribution in [0.25, 0.3) is 21.5 Å². The van der Waals surface area contributed by atoms with Gasteiger partial charge in [0.2, 0.25) is 0 Å². The zero-order valence-corrected chi connectivity index (χ0v) is 22.0. The van der Waals surface area contributed by atoms with Crippen LogP contribution in [0.3, 0.4) is 0 Å².